The van der Waals surface area contributed by atoms with Gasteiger partial charge in [0.1, 0.15) is 5.82 Å². The highest BCUT2D eigenvalue weighted by atomic mass is 19.1. The fourth-order valence-corrected chi connectivity index (χ4v) is 2.73. The molecule has 2 atom stereocenters. The van der Waals surface area contributed by atoms with Gasteiger partial charge in [0.2, 0.25) is 0 Å². The average molecular weight is 237 g/mol. The fourth-order valence-electron chi connectivity index (χ4n) is 2.73. The third-order valence-electron chi connectivity index (χ3n) is 3.86. The summed E-state index contributed by atoms with van der Waals surface area (Å²) in [5.41, 5.74) is 0.168. The summed E-state index contributed by atoms with van der Waals surface area (Å²) >= 11 is 0. The molecule has 0 saturated heterocycles. The number of halogens is 1. The average Bonchev–Trinajstić information content (AvgIpc) is 2.76. The Bertz CT molecular complexity index is 382. The van der Waals surface area contributed by atoms with E-state index in [9.17, 15) is 9.50 Å². The summed E-state index contributed by atoms with van der Waals surface area (Å²) in [6.45, 7) is 2.24. The van der Waals surface area contributed by atoms with Crippen molar-refractivity contribution < 1.29 is 9.50 Å². The van der Waals surface area contributed by atoms with E-state index in [1.165, 1.54) is 6.07 Å². The van der Waals surface area contributed by atoms with Crippen molar-refractivity contribution in [3.05, 3.63) is 30.1 Å². The summed E-state index contributed by atoms with van der Waals surface area (Å²) in [6.07, 6.45) is 4.07. The molecular weight excluding hydrogens is 217 g/mol. The normalized spacial score (nSPS) is 28.3. The first kappa shape index (κ1) is 12.4. The molecule has 2 rings (SSSR count). The molecule has 17 heavy (non-hydrogen) atoms. The number of rotatable bonds is 4. The molecule has 1 saturated carbocycles. The van der Waals surface area contributed by atoms with Crippen molar-refractivity contribution in [2.24, 2.45) is 5.92 Å². The Kier molecular flexibility index (Phi) is 3.67. The minimum absolute atomic E-state index is 0.0673. The number of aliphatic hydroxyl groups is 1. The highest BCUT2D eigenvalue weighted by molar-refractivity contribution is 5.47. The first-order valence-electron chi connectivity index (χ1n) is 6.33. The molecule has 0 heterocycles. The fraction of sp³-hybridized carbons (Fsp3) is 0.571. The number of benzene rings is 1. The molecule has 2 unspecified atom stereocenters. The van der Waals surface area contributed by atoms with Gasteiger partial charge >= 0.3 is 0 Å². The molecule has 0 bridgehead atoms. The van der Waals surface area contributed by atoms with Crippen molar-refractivity contribution in [2.45, 2.75) is 38.1 Å². The van der Waals surface area contributed by atoms with E-state index in [2.05, 4.69) is 12.2 Å². The van der Waals surface area contributed by atoms with E-state index >= 15 is 0 Å². The lowest BCUT2D eigenvalue weighted by Gasteiger charge is -2.30. The zero-order valence-electron chi connectivity index (χ0n) is 10.2. The largest absolute Gasteiger partial charge is 0.394 e. The maximum Gasteiger partial charge on any atom is 0.146 e. The summed E-state index contributed by atoms with van der Waals surface area (Å²) in [4.78, 5) is 0. The van der Waals surface area contributed by atoms with Crippen LogP contribution >= 0.6 is 0 Å². The zero-order chi connectivity index (χ0) is 12.3. The molecule has 0 spiro atoms. The highest BCUT2D eigenvalue weighted by Gasteiger charge is 2.38. The second-order valence-corrected chi connectivity index (χ2v) is 5.06. The summed E-state index contributed by atoms with van der Waals surface area (Å²) in [7, 11) is 0. The first-order valence-corrected chi connectivity index (χ1v) is 6.33. The van der Waals surface area contributed by atoms with Crippen LogP contribution in [0.3, 0.4) is 0 Å². The molecule has 1 aromatic carbocycles. The minimum Gasteiger partial charge on any atom is -0.394 e. The van der Waals surface area contributed by atoms with Crippen LogP contribution in [0.15, 0.2) is 24.3 Å². The van der Waals surface area contributed by atoms with Crippen LogP contribution in [0, 0.1) is 11.7 Å². The molecular formula is C14H20FNO. The van der Waals surface area contributed by atoms with Gasteiger partial charge < -0.3 is 10.4 Å². The van der Waals surface area contributed by atoms with Crippen molar-refractivity contribution in [3.8, 4) is 0 Å². The van der Waals surface area contributed by atoms with Gasteiger partial charge in [0.25, 0.3) is 0 Å². The van der Waals surface area contributed by atoms with Crippen molar-refractivity contribution in [1.82, 2.24) is 0 Å². The van der Waals surface area contributed by atoms with Crippen molar-refractivity contribution >= 4 is 5.69 Å². The van der Waals surface area contributed by atoms with E-state index in [1.54, 1.807) is 12.1 Å². The maximum atomic E-state index is 13.6. The summed E-state index contributed by atoms with van der Waals surface area (Å²) < 4.78 is 13.6. The Labute approximate surface area is 102 Å². The summed E-state index contributed by atoms with van der Waals surface area (Å²) in [6, 6.07) is 6.66. The smallest absolute Gasteiger partial charge is 0.146 e. The lowest BCUT2D eigenvalue weighted by Crippen LogP contribution is -2.39. The Morgan fingerprint density at radius 1 is 1.47 bits per heavy atom. The van der Waals surface area contributed by atoms with Crippen LogP contribution in [0.2, 0.25) is 0 Å². The van der Waals surface area contributed by atoms with Gasteiger partial charge in [-0.15, -0.1) is 0 Å². The molecule has 0 radical (unpaired) electrons. The van der Waals surface area contributed by atoms with Crippen LogP contribution in [0.4, 0.5) is 10.1 Å². The lowest BCUT2D eigenvalue weighted by atomic mass is 9.95. The molecule has 1 aliphatic carbocycles. The lowest BCUT2D eigenvalue weighted by molar-refractivity contribution is 0.209. The van der Waals surface area contributed by atoms with Gasteiger partial charge in [0.15, 0.2) is 0 Å². The summed E-state index contributed by atoms with van der Waals surface area (Å²) in [5.74, 6) is 0.390. The minimum atomic E-state index is -0.330. The second kappa shape index (κ2) is 5.05. The van der Waals surface area contributed by atoms with Gasteiger partial charge in [-0.05, 0) is 37.3 Å². The third kappa shape index (κ3) is 2.60. The third-order valence-corrected chi connectivity index (χ3v) is 3.86. The molecule has 3 heteroatoms. The van der Waals surface area contributed by atoms with Gasteiger partial charge in [-0.25, -0.2) is 4.39 Å². The van der Waals surface area contributed by atoms with Crippen molar-refractivity contribution in [1.29, 1.82) is 0 Å². The van der Waals surface area contributed by atoms with Crippen LogP contribution in [0.25, 0.3) is 0 Å². The van der Waals surface area contributed by atoms with E-state index in [0.717, 1.165) is 25.7 Å². The van der Waals surface area contributed by atoms with Crippen LogP contribution < -0.4 is 5.32 Å². The Balaban J connectivity index is 2.13. The predicted octanol–water partition coefficient (Wildman–Crippen LogP) is 3.18. The maximum absolute atomic E-state index is 13.6. The van der Waals surface area contributed by atoms with Crippen LogP contribution in [-0.2, 0) is 0 Å². The van der Waals surface area contributed by atoms with Gasteiger partial charge in [-0.3, -0.25) is 0 Å². The Morgan fingerprint density at radius 3 is 2.82 bits per heavy atom. The van der Waals surface area contributed by atoms with E-state index in [-0.39, 0.29) is 18.0 Å². The number of aliphatic hydroxyl groups excluding tert-OH is 1. The molecule has 94 valence electrons. The topological polar surface area (TPSA) is 32.3 Å². The van der Waals surface area contributed by atoms with Crippen LogP contribution in [0.1, 0.15) is 32.6 Å². The summed E-state index contributed by atoms with van der Waals surface area (Å²) in [5, 5.41) is 12.8. The molecule has 0 aliphatic heterocycles. The van der Waals surface area contributed by atoms with Gasteiger partial charge in [-0.2, -0.15) is 0 Å². The zero-order valence-corrected chi connectivity index (χ0v) is 10.2. The first-order chi connectivity index (χ1) is 8.19. The standard InChI is InChI=1S/C14H20FNO/c1-2-11-7-8-14(9-11,10-17)16-13-6-4-3-5-12(13)15/h3-6,11,16-17H,2,7-10H2,1H3. The number of nitrogens with one attached hydrogen (secondary N) is 1. The number of hydrogen-bond donors (Lipinski definition) is 2. The number of para-hydroxylation sites is 1. The van der Waals surface area contributed by atoms with E-state index in [0.29, 0.717) is 11.6 Å². The molecule has 2 nitrogen and oxygen atoms in total. The Hall–Kier alpha value is -1.09. The molecule has 0 amide bonds. The Morgan fingerprint density at radius 2 is 2.24 bits per heavy atom. The van der Waals surface area contributed by atoms with E-state index < -0.39 is 0 Å². The van der Waals surface area contributed by atoms with E-state index in [4.69, 9.17) is 0 Å². The van der Waals surface area contributed by atoms with Gasteiger partial charge in [0.05, 0.1) is 17.8 Å². The number of hydrogen-bond acceptors (Lipinski definition) is 2. The van der Waals surface area contributed by atoms with E-state index in [1.807, 2.05) is 6.07 Å². The SMILES string of the molecule is CCC1CCC(CO)(Nc2ccccc2F)C1. The van der Waals surface area contributed by atoms with Crippen LogP contribution in [0.5, 0.6) is 0 Å². The molecule has 1 fully saturated rings. The number of anilines is 1. The molecule has 2 N–H and O–H groups in total. The van der Waals surface area contributed by atoms with Gasteiger partial charge in [0, 0.05) is 0 Å². The van der Waals surface area contributed by atoms with Crippen molar-refractivity contribution in [2.75, 3.05) is 11.9 Å². The monoisotopic (exact) mass is 237 g/mol. The predicted molar refractivity (Wildman–Crippen MR) is 67.5 cm³/mol. The molecule has 0 aromatic heterocycles. The quantitative estimate of drug-likeness (QED) is 0.843. The molecule has 1 aromatic rings. The second-order valence-electron chi connectivity index (χ2n) is 5.06. The molecule has 1 aliphatic rings. The van der Waals surface area contributed by atoms with Crippen molar-refractivity contribution in [3.63, 3.8) is 0 Å². The highest BCUT2D eigenvalue weighted by Crippen LogP contribution is 2.38. The van der Waals surface area contributed by atoms with Crippen LogP contribution in [-0.4, -0.2) is 17.3 Å². The van der Waals surface area contributed by atoms with Gasteiger partial charge in [-0.1, -0.05) is 25.5 Å².